The number of sulfonamides is 1. The molecule has 3 aromatic carbocycles. The molecule has 0 aliphatic carbocycles. The van der Waals surface area contributed by atoms with Crippen molar-refractivity contribution < 1.29 is 18.0 Å². The molecule has 0 heterocycles. The number of nitrogens with zero attached hydrogens (tertiary/aromatic N) is 2. The van der Waals surface area contributed by atoms with Crippen molar-refractivity contribution in [2.75, 3.05) is 17.4 Å². The fourth-order valence-electron chi connectivity index (χ4n) is 4.28. The normalized spacial score (nSPS) is 12.0. The van der Waals surface area contributed by atoms with Crippen LogP contribution in [0.3, 0.4) is 0 Å². The lowest BCUT2D eigenvalue weighted by molar-refractivity contribution is -0.140. The Hall–Kier alpha value is -3.36. The number of aryl methyl sites for hydroxylation is 1. The maximum absolute atomic E-state index is 14.0. The molecule has 0 spiro atoms. The number of hydrogen-bond acceptors (Lipinski definition) is 4. The van der Waals surface area contributed by atoms with Crippen LogP contribution in [0.1, 0.15) is 43.4 Å². The Kier molecular flexibility index (Phi) is 10.5. The summed E-state index contributed by atoms with van der Waals surface area (Å²) in [6, 6.07) is 20.0. The van der Waals surface area contributed by atoms with Crippen molar-refractivity contribution in [3.8, 4) is 0 Å². The summed E-state index contributed by atoms with van der Waals surface area (Å²) in [4.78, 5) is 28.7. The van der Waals surface area contributed by atoms with Crippen molar-refractivity contribution in [3.05, 3.63) is 94.5 Å². The third-order valence-electron chi connectivity index (χ3n) is 6.53. The van der Waals surface area contributed by atoms with Gasteiger partial charge in [0.1, 0.15) is 12.6 Å². The highest BCUT2D eigenvalue weighted by atomic mass is 35.5. The first-order chi connectivity index (χ1) is 18.6. The Bertz CT molecular complexity index is 1380. The van der Waals surface area contributed by atoms with E-state index in [4.69, 9.17) is 11.6 Å². The molecule has 0 radical (unpaired) electrons. The van der Waals surface area contributed by atoms with Crippen LogP contribution in [0.4, 0.5) is 5.69 Å². The summed E-state index contributed by atoms with van der Waals surface area (Å²) in [5, 5.41) is 3.27. The molecule has 3 aromatic rings. The summed E-state index contributed by atoms with van der Waals surface area (Å²) < 4.78 is 29.0. The van der Waals surface area contributed by atoms with Crippen LogP contribution < -0.4 is 9.62 Å². The fourth-order valence-corrected chi connectivity index (χ4v) is 5.92. The van der Waals surface area contributed by atoms with Gasteiger partial charge in [-0.3, -0.25) is 13.9 Å². The van der Waals surface area contributed by atoms with E-state index in [1.807, 2.05) is 51.1 Å². The minimum absolute atomic E-state index is 0.0580. The average Bonchev–Trinajstić information content (AvgIpc) is 2.92. The first-order valence-electron chi connectivity index (χ1n) is 13.1. The SMILES string of the molecule is CCCNC(=O)[C@@H](CC)N(Cc1ccccc1)C(=O)CN(c1cccc(Cl)c1C)S(=O)(=O)c1ccc(C)cc1. The second-order valence-electron chi connectivity index (χ2n) is 9.43. The molecule has 0 unspecified atom stereocenters. The summed E-state index contributed by atoms with van der Waals surface area (Å²) in [5.41, 5.74) is 2.58. The van der Waals surface area contributed by atoms with Gasteiger partial charge in [-0.1, -0.05) is 79.5 Å². The van der Waals surface area contributed by atoms with E-state index in [0.717, 1.165) is 21.9 Å². The highest BCUT2D eigenvalue weighted by molar-refractivity contribution is 7.92. The first kappa shape index (κ1) is 30.2. The molecule has 0 aliphatic heterocycles. The zero-order valence-corrected chi connectivity index (χ0v) is 24.4. The maximum atomic E-state index is 14.0. The Morgan fingerprint density at radius 1 is 0.923 bits per heavy atom. The van der Waals surface area contributed by atoms with Crippen molar-refractivity contribution >= 4 is 39.1 Å². The number of anilines is 1. The van der Waals surface area contributed by atoms with Crippen LogP contribution >= 0.6 is 11.6 Å². The van der Waals surface area contributed by atoms with Crippen LogP contribution in [0.25, 0.3) is 0 Å². The highest BCUT2D eigenvalue weighted by Gasteiger charge is 2.34. The first-order valence-corrected chi connectivity index (χ1v) is 14.9. The maximum Gasteiger partial charge on any atom is 0.264 e. The van der Waals surface area contributed by atoms with E-state index in [-0.39, 0.29) is 17.3 Å². The number of carbonyl (C=O) groups excluding carboxylic acids is 2. The van der Waals surface area contributed by atoms with Gasteiger partial charge in [0, 0.05) is 18.1 Å². The number of rotatable bonds is 12. The van der Waals surface area contributed by atoms with Gasteiger partial charge in [0.2, 0.25) is 11.8 Å². The lowest BCUT2D eigenvalue weighted by Gasteiger charge is -2.33. The molecule has 1 N–H and O–H groups in total. The lowest BCUT2D eigenvalue weighted by Crippen LogP contribution is -2.52. The van der Waals surface area contributed by atoms with Crippen molar-refractivity contribution in [1.29, 1.82) is 0 Å². The minimum atomic E-state index is -4.15. The Morgan fingerprint density at radius 2 is 1.59 bits per heavy atom. The zero-order valence-electron chi connectivity index (χ0n) is 22.9. The summed E-state index contributed by atoms with van der Waals surface area (Å²) in [6.45, 7) is 7.52. The summed E-state index contributed by atoms with van der Waals surface area (Å²) in [6.07, 6.45) is 1.13. The summed E-state index contributed by atoms with van der Waals surface area (Å²) in [5.74, 6) is -0.761. The van der Waals surface area contributed by atoms with Gasteiger partial charge < -0.3 is 10.2 Å². The zero-order chi connectivity index (χ0) is 28.6. The van der Waals surface area contributed by atoms with E-state index in [2.05, 4.69) is 5.32 Å². The number of halogens is 1. The van der Waals surface area contributed by atoms with Gasteiger partial charge in [0.05, 0.1) is 10.6 Å². The lowest BCUT2D eigenvalue weighted by atomic mass is 10.1. The molecule has 7 nitrogen and oxygen atoms in total. The van der Waals surface area contributed by atoms with Gasteiger partial charge in [0.25, 0.3) is 10.0 Å². The summed E-state index contributed by atoms with van der Waals surface area (Å²) in [7, 11) is -4.15. The van der Waals surface area contributed by atoms with Gasteiger partial charge in [-0.2, -0.15) is 0 Å². The molecule has 2 amide bonds. The van der Waals surface area contributed by atoms with E-state index < -0.39 is 28.5 Å². The largest absolute Gasteiger partial charge is 0.354 e. The Balaban J connectivity index is 2.08. The predicted octanol–water partition coefficient (Wildman–Crippen LogP) is 5.49. The molecule has 0 aromatic heterocycles. The molecule has 208 valence electrons. The van der Waals surface area contributed by atoms with E-state index in [0.29, 0.717) is 29.2 Å². The molecule has 9 heteroatoms. The topological polar surface area (TPSA) is 86.8 Å². The summed E-state index contributed by atoms with van der Waals surface area (Å²) >= 11 is 6.37. The molecule has 1 atom stereocenters. The van der Waals surface area contributed by atoms with Gasteiger partial charge in [-0.05, 0) is 62.1 Å². The third kappa shape index (κ3) is 7.40. The van der Waals surface area contributed by atoms with E-state index in [1.165, 1.54) is 17.0 Å². The molecule has 0 saturated heterocycles. The van der Waals surface area contributed by atoms with Gasteiger partial charge in [-0.25, -0.2) is 8.42 Å². The number of amides is 2. The minimum Gasteiger partial charge on any atom is -0.354 e. The van der Waals surface area contributed by atoms with Crippen LogP contribution in [0.2, 0.25) is 5.02 Å². The van der Waals surface area contributed by atoms with Gasteiger partial charge >= 0.3 is 0 Å². The second kappa shape index (κ2) is 13.6. The smallest absolute Gasteiger partial charge is 0.264 e. The number of benzene rings is 3. The van der Waals surface area contributed by atoms with Crippen LogP contribution in [0, 0.1) is 13.8 Å². The fraction of sp³-hybridized carbons (Fsp3) is 0.333. The van der Waals surface area contributed by atoms with Crippen molar-refractivity contribution in [2.24, 2.45) is 0 Å². The molecular formula is C30H36ClN3O4S. The van der Waals surface area contributed by atoms with Crippen LogP contribution in [-0.2, 0) is 26.2 Å². The van der Waals surface area contributed by atoms with E-state index in [9.17, 15) is 18.0 Å². The molecular weight excluding hydrogens is 534 g/mol. The van der Waals surface area contributed by atoms with E-state index in [1.54, 1.807) is 37.3 Å². The predicted molar refractivity (Wildman–Crippen MR) is 156 cm³/mol. The molecule has 0 aliphatic rings. The molecule has 0 saturated carbocycles. The Labute approximate surface area is 236 Å². The number of carbonyl (C=O) groups is 2. The standard InChI is InChI=1S/C30H36ClN3O4S/c1-5-19-32-30(36)27(6-2)33(20-24-11-8-7-9-12-24)29(35)21-34(28-14-10-13-26(31)23(28)4)39(37,38)25-17-15-22(3)16-18-25/h7-18,27H,5-6,19-21H2,1-4H3,(H,32,36)/t27-/m1/s1. The van der Waals surface area contributed by atoms with Gasteiger partial charge in [-0.15, -0.1) is 0 Å². The van der Waals surface area contributed by atoms with Gasteiger partial charge in [0.15, 0.2) is 0 Å². The third-order valence-corrected chi connectivity index (χ3v) is 8.71. The monoisotopic (exact) mass is 569 g/mol. The van der Waals surface area contributed by atoms with Crippen molar-refractivity contribution in [1.82, 2.24) is 10.2 Å². The highest BCUT2D eigenvalue weighted by Crippen LogP contribution is 2.31. The number of hydrogen-bond donors (Lipinski definition) is 1. The van der Waals surface area contributed by atoms with Crippen molar-refractivity contribution in [2.45, 2.75) is 58.0 Å². The molecule has 39 heavy (non-hydrogen) atoms. The average molecular weight is 570 g/mol. The Morgan fingerprint density at radius 3 is 2.21 bits per heavy atom. The van der Waals surface area contributed by atoms with Crippen molar-refractivity contribution in [3.63, 3.8) is 0 Å². The quantitative estimate of drug-likeness (QED) is 0.313. The molecule has 0 bridgehead atoms. The molecule has 3 rings (SSSR count). The van der Waals surface area contributed by atoms with E-state index >= 15 is 0 Å². The van der Waals surface area contributed by atoms with Crippen LogP contribution in [0.15, 0.2) is 77.7 Å². The second-order valence-corrected chi connectivity index (χ2v) is 11.7. The van der Waals surface area contributed by atoms with Crippen LogP contribution in [-0.4, -0.2) is 44.3 Å². The van der Waals surface area contributed by atoms with Crippen LogP contribution in [0.5, 0.6) is 0 Å². The number of nitrogens with one attached hydrogen (secondary N) is 1. The molecule has 0 fully saturated rings.